The van der Waals surface area contributed by atoms with Crippen LogP contribution in [-0.2, 0) is 13.6 Å². The zero-order valence-corrected chi connectivity index (χ0v) is 10.9. The maximum atomic E-state index is 5.87. The standard InChI is InChI=1S/C14H17ClN2/c1-11(13-3-5-14(15)6-4-13)16-9-12-7-8-17(2)10-12/h3-8,10-11,16H,9H2,1-2H3/t11-/m0/s1. The summed E-state index contributed by atoms with van der Waals surface area (Å²) in [7, 11) is 2.03. The van der Waals surface area contributed by atoms with Crippen LogP contribution in [0.5, 0.6) is 0 Å². The van der Waals surface area contributed by atoms with Crippen molar-refractivity contribution in [2.75, 3.05) is 0 Å². The molecule has 0 bridgehead atoms. The molecule has 0 fully saturated rings. The van der Waals surface area contributed by atoms with E-state index in [0.717, 1.165) is 11.6 Å². The number of nitrogens with zero attached hydrogens (tertiary/aromatic N) is 1. The lowest BCUT2D eigenvalue weighted by molar-refractivity contribution is 0.574. The minimum absolute atomic E-state index is 0.326. The van der Waals surface area contributed by atoms with Crippen LogP contribution in [0.3, 0.4) is 0 Å². The first-order valence-corrected chi connectivity index (χ1v) is 6.12. The zero-order chi connectivity index (χ0) is 12.3. The molecule has 3 heteroatoms. The van der Waals surface area contributed by atoms with Crippen LogP contribution in [0.2, 0.25) is 5.02 Å². The lowest BCUT2D eigenvalue weighted by Crippen LogP contribution is -2.17. The van der Waals surface area contributed by atoms with Crippen molar-refractivity contribution in [3.8, 4) is 0 Å². The Balaban J connectivity index is 1.93. The average molecular weight is 249 g/mol. The van der Waals surface area contributed by atoms with Gasteiger partial charge in [0.05, 0.1) is 0 Å². The number of rotatable bonds is 4. The number of halogens is 1. The van der Waals surface area contributed by atoms with Gasteiger partial charge in [-0.25, -0.2) is 0 Å². The van der Waals surface area contributed by atoms with Crippen LogP contribution in [0.1, 0.15) is 24.1 Å². The van der Waals surface area contributed by atoms with Crippen LogP contribution in [-0.4, -0.2) is 4.57 Å². The van der Waals surface area contributed by atoms with Gasteiger partial charge in [0.15, 0.2) is 0 Å². The Morgan fingerprint density at radius 2 is 1.94 bits per heavy atom. The highest BCUT2D eigenvalue weighted by molar-refractivity contribution is 6.30. The van der Waals surface area contributed by atoms with Crippen LogP contribution >= 0.6 is 11.6 Å². The van der Waals surface area contributed by atoms with E-state index in [4.69, 9.17) is 11.6 Å². The molecule has 2 rings (SSSR count). The number of hydrogen-bond donors (Lipinski definition) is 1. The first kappa shape index (κ1) is 12.2. The van der Waals surface area contributed by atoms with Crippen molar-refractivity contribution in [2.45, 2.75) is 19.5 Å². The highest BCUT2D eigenvalue weighted by Crippen LogP contribution is 2.16. The maximum Gasteiger partial charge on any atom is 0.0406 e. The van der Waals surface area contributed by atoms with Crippen LogP contribution < -0.4 is 5.32 Å². The molecule has 1 N–H and O–H groups in total. The molecule has 2 aromatic rings. The van der Waals surface area contributed by atoms with E-state index in [1.807, 2.05) is 19.2 Å². The highest BCUT2D eigenvalue weighted by Gasteiger charge is 2.04. The molecule has 1 aromatic heterocycles. The van der Waals surface area contributed by atoms with Gasteiger partial charge in [-0.1, -0.05) is 23.7 Å². The van der Waals surface area contributed by atoms with E-state index >= 15 is 0 Å². The van der Waals surface area contributed by atoms with E-state index in [2.05, 4.69) is 47.4 Å². The molecule has 0 unspecified atom stereocenters. The van der Waals surface area contributed by atoms with Crippen molar-refractivity contribution in [3.05, 3.63) is 58.9 Å². The molecule has 90 valence electrons. The molecule has 17 heavy (non-hydrogen) atoms. The largest absolute Gasteiger partial charge is 0.357 e. The number of nitrogens with one attached hydrogen (secondary N) is 1. The van der Waals surface area contributed by atoms with E-state index in [1.165, 1.54) is 11.1 Å². The minimum atomic E-state index is 0.326. The monoisotopic (exact) mass is 248 g/mol. The van der Waals surface area contributed by atoms with E-state index in [0.29, 0.717) is 6.04 Å². The van der Waals surface area contributed by atoms with Crippen LogP contribution in [0.4, 0.5) is 0 Å². The zero-order valence-electron chi connectivity index (χ0n) is 10.2. The van der Waals surface area contributed by atoms with Crippen LogP contribution in [0.15, 0.2) is 42.7 Å². The van der Waals surface area contributed by atoms with Gasteiger partial charge in [-0.3, -0.25) is 0 Å². The SMILES string of the molecule is C[C@H](NCc1ccn(C)c1)c1ccc(Cl)cc1. The molecule has 0 aliphatic rings. The third kappa shape index (κ3) is 3.35. The summed E-state index contributed by atoms with van der Waals surface area (Å²) in [6, 6.07) is 10.4. The van der Waals surface area contributed by atoms with E-state index < -0.39 is 0 Å². The Kier molecular flexibility index (Phi) is 3.87. The highest BCUT2D eigenvalue weighted by atomic mass is 35.5. The summed E-state index contributed by atoms with van der Waals surface area (Å²) in [4.78, 5) is 0. The Hall–Kier alpha value is -1.25. The van der Waals surface area contributed by atoms with Crippen molar-refractivity contribution < 1.29 is 0 Å². The molecule has 0 spiro atoms. The van der Waals surface area contributed by atoms with Gasteiger partial charge in [-0.05, 0) is 36.2 Å². The molecule has 0 aliphatic heterocycles. The molecule has 0 saturated carbocycles. The summed E-state index contributed by atoms with van der Waals surface area (Å²) in [6.07, 6.45) is 4.19. The topological polar surface area (TPSA) is 17.0 Å². The summed E-state index contributed by atoms with van der Waals surface area (Å²) in [5, 5.41) is 4.27. The van der Waals surface area contributed by atoms with E-state index in [1.54, 1.807) is 0 Å². The first-order valence-electron chi connectivity index (χ1n) is 5.75. The van der Waals surface area contributed by atoms with Crippen molar-refractivity contribution >= 4 is 11.6 Å². The van der Waals surface area contributed by atoms with Crippen molar-refractivity contribution in [3.63, 3.8) is 0 Å². The molecule has 0 saturated heterocycles. The molecule has 0 amide bonds. The lowest BCUT2D eigenvalue weighted by atomic mass is 10.1. The number of aromatic nitrogens is 1. The Labute approximate surface area is 107 Å². The Bertz CT molecular complexity index is 473. The van der Waals surface area contributed by atoms with Crippen molar-refractivity contribution in [1.29, 1.82) is 0 Å². The predicted octanol–water partition coefficient (Wildman–Crippen LogP) is 3.53. The third-order valence-electron chi connectivity index (χ3n) is 2.88. The number of hydrogen-bond acceptors (Lipinski definition) is 1. The fourth-order valence-corrected chi connectivity index (χ4v) is 1.93. The molecule has 1 aromatic carbocycles. The van der Waals surface area contributed by atoms with Gasteiger partial charge in [0.1, 0.15) is 0 Å². The lowest BCUT2D eigenvalue weighted by Gasteiger charge is -2.13. The van der Waals surface area contributed by atoms with Gasteiger partial charge in [-0.15, -0.1) is 0 Å². The molecule has 0 aliphatic carbocycles. The summed E-state index contributed by atoms with van der Waals surface area (Å²) in [6.45, 7) is 3.04. The average Bonchev–Trinajstić information content (AvgIpc) is 2.73. The predicted molar refractivity (Wildman–Crippen MR) is 72.1 cm³/mol. The second-order valence-corrected chi connectivity index (χ2v) is 4.78. The fraction of sp³-hybridized carbons (Fsp3) is 0.286. The Morgan fingerprint density at radius 1 is 1.24 bits per heavy atom. The van der Waals surface area contributed by atoms with Crippen LogP contribution in [0, 0.1) is 0 Å². The van der Waals surface area contributed by atoms with Gasteiger partial charge in [-0.2, -0.15) is 0 Å². The van der Waals surface area contributed by atoms with Crippen LogP contribution in [0.25, 0.3) is 0 Å². The van der Waals surface area contributed by atoms with E-state index in [9.17, 15) is 0 Å². The maximum absolute atomic E-state index is 5.87. The molecule has 2 nitrogen and oxygen atoms in total. The summed E-state index contributed by atoms with van der Waals surface area (Å²) in [5.41, 5.74) is 2.55. The molecule has 0 radical (unpaired) electrons. The van der Waals surface area contributed by atoms with Gasteiger partial charge >= 0.3 is 0 Å². The normalized spacial score (nSPS) is 12.6. The Morgan fingerprint density at radius 3 is 2.53 bits per heavy atom. The molecule has 1 atom stereocenters. The van der Waals surface area contributed by atoms with Gasteiger partial charge < -0.3 is 9.88 Å². The number of aryl methyl sites for hydroxylation is 1. The minimum Gasteiger partial charge on any atom is -0.357 e. The third-order valence-corrected chi connectivity index (χ3v) is 3.13. The fourth-order valence-electron chi connectivity index (χ4n) is 1.81. The summed E-state index contributed by atoms with van der Waals surface area (Å²) < 4.78 is 2.06. The van der Waals surface area contributed by atoms with Crippen molar-refractivity contribution in [2.24, 2.45) is 7.05 Å². The second kappa shape index (κ2) is 5.39. The molecular weight excluding hydrogens is 232 g/mol. The first-order chi connectivity index (χ1) is 8.15. The second-order valence-electron chi connectivity index (χ2n) is 4.34. The van der Waals surface area contributed by atoms with E-state index in [-0.39, 0.29) is 0 Å². The van der Waals surface area contributed by atoms with Gasteiger partial charge in [0.25, 0.3) is 0 Å². The number of benzene rings is 1. The quantitative estimate of drug-likeness (QED) is 0.876. The summed E-state index contributed by atoms with van der Waals surface area (Å²) in [5.74, 6) is 0. The van der Waals surface area contributed by atoms with Gasteiger partial charge in [0, 0.05) is 37.1 Å². The smallest absolute Gasteiger partial charge is 0.0406 e. The molecular formula is C14H17ClN2. The van der Waals surface area contributed by atoms with Gasteiger partial charge in [0.2, 0.25) is 0 Å². The molecule has 1 heterocycles. The summed E-state index contributed by atoms with van der Waals surface area (Å²) >= 11 is 5.87. The van der Waals surface area contributed by atoms with Crippen molar-refractivity contribution in [1.82, 2.24) is 9.88 Å².